The van der Waals surface area contributed by atoms with Crippen LogP contribution in [0.5, 0.6) is 5.75 Å². The Morgan fingerprint density at radius 1 is 1.17 bits per heavy atom. The van der Waals surface area contributed by atoms with Gasteiger partial charge in [0.1, 0.15) is 17.4 Å². The van der Waals surface area contributed by atoms with Crippen molar-refractivity contribution in [3.63, 3.8) is 0 Å². The molecule has 0 aliphatic carbocycles. The van der Waals surface area contributed by atoms with Gasteiger partial charge in [-0.25, -0.2) is 4.79 Å². The van der Waals surface area contributed by atoms with Crippen molar-refractivity contribution in [2.75, 3.05) is 18.6 Å². The number of benzene rings is 2. The molecular formula is C19H18N2O3. The largest absolute Gasteiger partial charge is 0.494 e. The Morgan fingerprint density at radius 3 is 2.17 bits per heavy atom. The van der Waals surface area contributed by atoms with E-state index < -0.39 is 5.97 Å². The summed E-state index contributed by atoms with van der Waals surface area (Å²) in [6, 6.07) is 16.7. The van der Waals surface area contributed by atoms with Crippen molar-refractivity contribution in [2.45, 2.75) is 6.92 Å². The first kappa shape index (κ1) is 17.1. The lowest BCUT2D eigenvalue weighted by Crippen LogP contribution is -2.09. The third-order valence-electron chi connectivity index (χ3n) is 3.48. The molecular weight excluding hydrogens is 304 g/mol. The second-order valence-corrected chi connectivity index (χ2v) is 5.05. The Kier molecular flexibility index (Phi) is 5.58. The number of rotatable bonds is 6. The lowest BCUT2D eigenvalue weighted by atomic mass is 10.1. The summed E-state index contributed by atoms with van der Waals surface area (Å²) in [5, 5.41) is 17.7. The van der Waals surface area contributed by atoms with Crippen molar-refractivity contribution < 1.29 is 14.6 Å². The fraction of sp³-hybridized carbons (Fsp3) is 0.158. The normalized spacial score (nSPS) is 10.8. The summed E-state index contributed by atoms with van der Waals surface area (Å²) in [7, 11) is 1.94. The zero-order chi connectivity index (χ0) is 17.5. The summed E-state index contributed by atoms with van der Waals surface area (Å²) >= 11 is 0. The minimum Gasteiger partial charge on any atom is -0.494 e. The summed E-state index contributed by atoms with van der Waals surface area (Å²) in [5.41, 5.74) is 2.33. The van der Waals surface area contributed by atoms with E-state index in [1.165, 1.54) is 6.08 Å². The number of aliphatic carboxylic acids is 1. The van der Waals surface area contributed by atoms with Gasteiger partial charge >= 0.3 is 5.97 Å². The van der Waals surface area contributed by atoms with E-state index in [0.29, 0.717) is 12.2 Å². The molecule has 0 radical (unpaired) electrons. The van der Waals surface area contributed by atoms with Crippen LogP contribution in [0.4, 0.5) is 11.4 Å². The molecule has 0 bridgehead atoms. The third-order valence-corrected chi connectivity index (χ3v) is 3.48. The molecule has 2 aromatic rings. The zero-order valence-electron chi connectivity index (χ0n) is 13.6. The van der Waals surface area contributed by atoms with Crippen LogP contribution in [0.15, 0.2) is 54.1 Å². The van der Waals surface area contributed by atoms with Gasteiger partial charge in [-0.15, -0.1) is 0 Å². The predicted molar refractivity (Wildman–Crippen MR) is 93.3 cm³/mol. The van der Waals surface area contributed by atoms with Crippen LogP contribution in [0, 0.1) is 11.3 Å². The van der Waals surface area contributed by atoms with Gasteiger partial charge in [-0.1, -0.05) is 12.1 Å². The van der Waals surface area contributed by atoms with Crippen LogP contribution < -0.4 is 9.64 Å². The zero-order valence-corrected chi connectivity index (χ0v) is 13.6. The number of carboxylic acids is 1. The van der Waals surface area contributed by atoms with Crippen molar-refractivity contribution in [1.29, 1.82) is 5.26 Å². The molecule has 0 atom stereocenters. The van der Waals surface area contributed by atoms with E-state index in [2.05, 4.69) is 0 Å². The van der Waals surface area contributed by atoms with Gasteiger partial charge in [-0.3, -0.25) is 0 Å². The van der Waals surface area contributed by atoms with Gasteiger partial charge in [0.05, 0.1) is 6.61 Å². The molecule has 1 N–H and O–H groups in total. The Hall–Kier alpha value is -3.26. The fourth-order valence-corrected chi connectivity index (χ4v) is 2.18. The minimum atomic E-state index is -1.23. The SMILES string of the molecule is CCOc1ccc(N(C)c2ccc(C=C(C#N)C(=O)O)cc2)cc1. The summed E-state index contributed by atoms with van der Waals surface area (Å²) in [5.74, 6) is -0.402. The first-order valence-electron chi connectivity index (χ1n) is 7.47. The van der Waals surface area contributed by atoms with Crippen molar-refractivity contribution in [3.8, 4) is 11.8 Å². The van der Waals surface area contributed by atoms with Crippen LogP contribution in [0.2, 0.25) is 0 Å². The first-order valence-corrected chi connectivity index (χ1v) is 7.47. The average Bonchev–Trinajstić information content (AvgIpc) is 2.60. The molecule has 0 aliphatic rings. The molecule has 2 aromatic carbocycles. The Labute approximate surface area is 141 Å². The molecule has 0 aromatic heterocycles. The van der Waals surface area contributed by atoms with Crippen molar-refractivity contribution in [1.82, 2.24) is 0 Å². The number of hydrogen-bond donors (Lipinski definition) is 1. The molecule has 0 saturated carbocycles. The summed E-state index contributed by atoms with van der Waals surface area (Å²) in [6.07, 6.45) is 1.35. The van der Waals surface area contributed by atoms with Gasteiger partial charge in [0.25, 0.3) is 0 Å². The molecule has 0 saturated heterocycles. The Morgan fingerprint density at radius 2 is 1.71 bits per heavy atom. The van der Waals surface area contributed by atoms with Crippen molar-refractivity contribution in [2.24, 2.45) is 0 Å². The summed E-state index contributed by atoms with van der Waals surface area (Å²) in [6.45, 7) is 2.57. The molecule has 122 valence electrons. The molecule has 0 fully saturated rings. The van der Waals surface area contributed by atoms with E-state index >= 15 is 0 Å². The number of hydrogen-bond acceptors (Lipinski definition) is 4. The Bertz CT molecular complexity index is 772. The molecule has 0 spiro atoms. The summed E-state index contributed by atoms with van der Waals surface area (Å²) < 4.78 is 5.43. The van der Waals surface area contributed by atoms with Gasteiger partial charge < -0.3 is 14.7 Å². The van der Waals surface area contributed by atoms with E-state index in [1.807, 2.05) is 55.3 Å². The molecule has 0 unspecified atom stereocenters. The van der Waals surface area contributed by atoms with Gasteiger partial charge in [0, 0.05) is 18.4 Å². The highest BCUT2D eigenvalue weighted by atomic mass is 16.5. The van der Waals surface area contributed by atoms with Crippen LogP contribution in [-0.4, -0.2) is 24.7 Å². The predicted octanol–water partition coefficient (Wildman–Crippen LogP) is 3.84. The lowest BCUT2D eigenvalue weighted by molar-refractivity contribution is -0.132. The van der Waals surface area contributed by atoms with Crippen LogP contribution >= 0.6 is 0 Å². The Balaban J connectivity index is 2.18. The van der Waals surface area contributed by atoms with Crippen LogP contribution in [0.25, 0.3) is 6.08 Å². The third kappa shape index (κ3) is 4.14. The van der Waals surface area contributed by atoms with E-state index in [9.17, 15) is 4.79 Å². The molecule has 0 heterocycles. The van der Waals surface area contributed by atoms with Crippen molar-refractivity contribution >= 4 is 23.4 Å². The summed E-state index contributed by atoms with van der Waals surface area (Å²) in [4.78, 5) is 12.9. The number of carbonyl (C=O) groups is 1. The van der Waals surface area contributed by atoms with Crippen molar-refractivity contribution in [3.05, 3.63) is 59.7 Å². The molecule has 0 aliphatic heterocycles. The number of nitrogens with zero attached hydrogens (tertiary/aromatic N) is 2. The monoisotopic (exact) mass is 322 g/mol. The molecule has 5 heteroatoms. The van der Waals surface area contributed by atoms with E-state index in [1.54, 1.807) is 18.2 Å². The van der Waals surface area contributed by atoms with Crippen LogP contribution in [0.1, 0.15) is 12.5 Å². The average molecular weight is 322 g/mol. The molecule has 24 heavy (non-hydrogen) atoms. The highest BCUT2D eigenvalue weighted by Gasteiger charge is 2.07. The molecule has 5 nitrogen and oxygen atoms in total. The molecule has 2 rings (SSSR count). The van der Waals surface area contributed by atoms with Gasteiger partial charge in [-0.2, -0.15) is 5.26 Å². The fourth-order valence-electron chi connectivity index (χ4n) is 2.18. The second-order valence-electron chi connectivity index (χ2n) is 5.05. The van der Waals surface area contributed by atoms with E-state index in [4.69, 9.17) is 15.1 Å². The van der Waals surface area contributed by atoms with Gasteiger partial charge in [-0.05, 0) is 55.0 Å². The smallest absolute Gasteiger partial charge is 0.346 e. The first-order chi connectivity index (χ1) is 11.5. The van der Waals surface area contributed by atoms with Gasteiger partial charge in [0.15, 0.2) is 0 Å². The molecule has 0 amide bonds. The number of anilines is 2. The maximum atomic E-state index is 10.9. The van der Waals surface area contributed by atoms with Crippen LogP contribution in [0.3, 0.4) is 0 Å². The standard InChI is InChI=1S/C19H18N2O3/c1-3-24-18-10-8-17(9-11-18)21(2)16-6-4-14(5-7-16)12-15(13-20)19(22)23/h4-12H,3H2,1-2H3,(H,22,23). The van der Waals surface area contributed by atoms with E-state index in [-0.39, 0.29) is 5.57 Å². The minimum absolute atomic E-state index is 0.289. The highest BCUT2D eigenvalue weighted by molar-refractivity contribution is 5.96. The maximum absolute atomic E-state index is 10.9. The lowest BCUT2D eigenvalue weighted by Gasteiger charge is -2.20. The number of nitriles is 1. The topological polar surface area (TPSA) is 73.6 Å². The maximum Gasteiger partial charge on any atom is 0.346 e. The number of ether oxygens (including phenoxy) is 1. The second kappa shape index (κ2) is 7.84. The van der Waals surface area contributed by atoms with Crippen LogP contribution in [-0.2, 0) is 4.79 Å². The quantitative estimate of drug-likeness (QED) is 0.646. The highest BCUT2D eigenvalue weighted by Crippen LogP contribution is 2.26. The van der Waals surface area contributed by atoms with E-state index in [0.717, 1.165) is 17.1 Å². The number of carboxylic acid groups (broad SMARTS) is 1. The van der Waals surface area contributed by atoms with Gasteiger partial charge in [0.2, 0.25) is 0 Å².